The summed E-state index contributed by atoms with van der Waals surface area (Å²) >= 11 is 0. The van der Waals surface area contributed by atoms with E-state index in [4.69, 9.17) is 10.00 Å². The standard InChI is InChI=1S/C11H14N4O2.C7H14.C6H6N2O/c1-14(2)9-4-5-10(17-7-6-12)13-11(9)15(3)8-16;1-7-5-3-2-4-6-7;9-5-8-6-1-3-7-4-2-6/h4-5,8H,7H2,1-3H3;7H,2-6H2,1H3;1-5H,(H,7,8,9). The lowest BCUT2D eigenvalue weighted by atomic mass is 9.91. The van der Waals surface area contributed by atoms with E-state index in [1.807, 2.05) is 25.1 Å². The van der Waals surface area contributed by atoms with E-state index in [2.05, 4.69) is 22.2 Å². The molecule has 178 valence electrons. The Kier molecular flexibility index (Phi) is 13.3. The van der Waals surface area contributed by atoms with Gasteiger partial charge in [-0.2, -0.15) is 10.2 Å². The smallest absolute Gasteiger partial charge is 0.216 e. The lowest BCUT2D eigenvalue weighted by Crippen LogP contribution is -2.20. The predicted molar refractivity (Wildman–Crippen MR) is 130 cm³/mol. The fourth-order valence-electron chi connectivity index (χ4n) is 3.09. The van der Waals surface area contributed by atoms with Crippen LogP contribution < -0.4 is 19.9 Å². The van der Waals surface area contributed by atoms with Crippen LogP contribution in [-0.4, -0.2) is 50.5 Å². The summed E-state index contributed by atoms with van der Waals surface area (Å²) in [5, 5.41) is 10.9. The second-order valence-electron chi connectivity index (χ2n) is 7.79. The van der Waals surface area contributed by atoms with E-state index < -0.39 is 0 Å². The molecule has 9 heteroatoms. The van der Waals surface area contributed by atoms with Crippen molar-refractivity contribution in [2.75, 3.05) is 42.9 Å². The van der Waals surface area contributed by atoms with E-state index in [-0.39, 0.29) is 6.61 Å². The molecule has 0 aliphatic heterocycles. The first kappa shape index (κ1) is 27.4. The van der Waals surface area contributed by atoms with Crippen molar-refractivity contribution < 1.29 is 14.3 Å². The number of nitrogens with one attached hydrogen (secondary N) is 1. The van der Waals surface area contributed by atoms with Crippen LogP contribution in [0.3, 0.4) is 0 Å². The van der Waals surface area contributed by atoms with Gasteiger partial charge in [0.2, 0.25) is 18.7 Å². The average molecular weight is 455 g/mol. The van der Waals surface area contributed by atoms with Gasteiger partial charge in [0.25, 0.3) is 0 Å². The number of nitrogens with zero attached hydrogens (tertiary/aromatic N) is 5. The zero-order valence-electron chi connectivity index (χ0n) is 19.9. The van der Waals surface area contributed by atoms with Gasteiger partial charge in [-0.05, 0) is 24.1 Å². The van der Waals surface area contributed by atoms with Crippen molar-refractivity contribution in [1.29, 1.82) is 5.26 Å². The third-order valence-corrected chi connectivity index (χ3v) is 4.89. The van der Waals surface area contributed by atoms with Crippen LogP contribution in [0, 0.1) is 17.2 Å². The molecular weight excluding hydrogens is 420 g/mol. The zero-order valence-corrected chi connectivity index (χ0v) is 19.9. The number of anilines is 3. The monoisotopic (exact) mass is 454 g/mol. The maximum Gasteiger partial charge on any atom is 0.216 e. The van der Waals surface area contributed by atoms with E-state index in [1.54, 1.807) is 43.7 Å². The molecule has 0 saturated heterocycles. The van der Waals surface area contributed by atoms with Crippen molar-refractivity contribution in [3.63, 3.8) is 0 Å². The molecule has 2 heterocycles. The number of hydrogen-bond donors (Lipinski definition) is 1. The maximum atomic E-state index is 10.8. The number of amides is 2. The summed E-state index contributed by atoms with van der Waals surface area (Å²) in [5.74, 6) is 1.84. The highest BCUT2D eigenvalue weighted by molar-refractivity contribution is 5.80. The quantitative estimate of drug-likeness (QED) is 0.632. The molecule has 1 N–H and O–H groups in total. The first-order valence-electron chi connectivity index (χ1n) is 10.9. The number of hydrogen-bond acceptors (Lipinski definition) is 7. The highest BCUT2D eigenvalue weighted by Gasteiger charge is 2.12. The van der Waals surface area contributed by atoms with Gasteiger partial charge in [0.1, 0.15) is 6.07 Å². The first-order valence-corrected chi connectivity index (χ1v) is 10.9. The Labute approximate surface area is 196 Å². The molecule has 1 fully saturated rings. The molecule has 0 bridgehead atoms. The third-order valence-electron chi connectivity index (χ3n) is 4.89. The normalized spacial score (nSPS) is 12.5. The Bertz CT molecular complexity index is 864. The Hall–Kier alpha value is -3.67. The second kappa shape index (κ2) is 16.0. The SMILES string of the molecule is CC1CCCCC1.CN(C)c1ccc(OCC#N)nc1N(C)C=O.O=CNc1ccncc1. The molecule has 1 aliphatic carbocycles. The first-order chi connectivity index (χ1) is 15.9. The van der Waals surface area contributed by atoms with E-state index in [0.717, 1.165) is 17.3 Å². The van der Waals surface area contributed by atoms with Gasteiger partial charge in [0, 0.05) is 45.3 Å². The van der Waals surface area contributed by atoms with Crippen molar-refractivity contribution in [2.24, 2.45) is 5.92 Å². The van der Waals surface area contributed by atoms with Crippen LogP contribution in [0.1, 0.15) is 39.0 Å². The molecule has 3 rings (SSSR count). The second-order valence-corrected chi connectivity index (χ2v) is 7.79. The van der Waals surface area contributed by atoms with Crippen molar-refractivity contribution in [2.45, 2.75) is 39.0 Å². The highest BCUT2D eigenvalue weighted by Crippen LogP contribution is 2.27. The number of pyridine rings is 2. The van der Waals surface area contributed by atoms with Crippen molar-refractivity contribution in [3.8, 4) is 11.9 Å². The molecular formula is C24H34N6O3. The molecule has 33 heavy (non-hydrogen) atoms. The van der Waals surface area contributed by atoms with Gasteiger partial charge in [0.05, 0.1) is 5.69 Å². The van der Waals surface area contributed by atoms with Crippen LogP contribution in [0.15, 0.2) is 36.7 Å². The fourth-order valence-corrected chi connectivity index (χ4v) is 3.09. The molecule has 0 unspecified atom stereocenters. The van der Waals surface area contributed by atoms with Crippen LogP contribution in [0.4, 0.5) is 17.2 Å². The Morgan fingerprint density at radius 2 is 1.79 bits per heavy atom. The molecule has 0 radical (unpaired) electrons. The lowest BCUT2D eigenvalue weighted by molar-refractivity contribution is -0.107. The van der Waals surface area contributed by atoms with Crippen LogP contribution >= 0.6 is 0 Å². The molecule has 1 saturated carbocycles. The molecule has 9 nitrogen and oxygen atoms in total. The molecule has 0 spiro atoms. The lowest BCUT2D eigenvalue weighted by Gasteiger charge is -2.20. The topological polar surface area (TPSA) is 111 Å². The van der Waals surface area contributed by atoms with Crippen LogP contribution in [0.25, 0.3) is 0 Å². The van der Waals surface area contributed by atoms with Crippen molar-refractivity contribution in [1.82, 2.24) is 9.97 Å². The van der Waals surface area contributed by atoms with Gasteiger partial charge in [0.15, 0.2) is 12.4 Å². The Balaban J connectivity index is 0.000000282. The molecule has 2 aromatic rings. The van der Waals surface area contributed by atoms with Gasteiger partial charge >= 0.3 is 0 Å². The van der Waals surface area contributed by atoms with E-state index >= 15 is 0 Å². The predicted octanol–water partition coefficient (Wildman–Crippen LogP) is 3.88. The number of carbonyl (C=O) groups is 2. The van der Waals surface area contributed by atoms with E-state index in [0.29, 0.717) is 24.5 Å². The largest absolute Gasteiger partial charge is 0.462 e. The van der Waals surface area contributed by atoms with Gasteiger partial charge in [-0.15, -0.1) is 0 Å². The van der Waals surface area contributed by atoms with Gasteiger partial charge in [-0.25, -0.2) is 0 Å². The van der Waals surface area contributed by atoms with Gasteiger partial charge in [-0.1, -0.05) is 39.0 Å². The number of carbonyl (C=O) groups excluding carboxylic acids is 2. The van der Waals surface area contributed by atoms with Crippen molar-refractivity contribution >= 4 is 30.0 Å². The fraction of sp³-hybridized carbons (Fsp3) is 0.458. The molecule has 0 aromatic carbocycles. The third kappa shape index (κ3) is 11.0. The molecule has 2 aromatic heterocycles. The summed E-state index contributed by atoms with van der Waals surface area (Å²) in [6, 6.07) is 8.74. The number of ether oxygens (including phenoxy) is 1. The van der Waals surface area contributed by atoms with Gasteiger partial charge < -0.3 is 19.9 Å². The van der Waals surface area contributed by atoms with E-state index in [9.17, 15) is 9.59 Å². The summed E-state index contributed by atoms with van der Waals surface area (Å²) in [7, 11) is 5.32. The van der Waals surface area contributed by atoms with Crippen LogP contribution in [0.2, 0.25) is 0 Å². The van der Waals surface area contributed by atoms with Crippen LogP contribution in [-0.2, 0) is 9.59 Å². The zero-order chi connectivity index (χ0) is 24.5. The van der Waals surface area contributed by atoms with Crippen molar-refractivity contribution in [3.05, 3.63) is 36.7 Å². The summed E-state index contributed by atoms with van der Waals surface area (Å²) in [6.07, 6.45) is 12.0. The summed E-state index contributed by atoms with van der Waals surface area (Å²) in [6.45, 7) is 2.29. The molecule has 2 amide bonds. The minimum atomic E-state index is -0.0709. The highest BCUT2D eigenvalue weighted by atomic mass is 16.5. The molecule has 1 aliphatic rings. The number of aromatic nitrogens is 2. The molecule has 0 atom stereocenters. The minimum absolute atomic E-state index is 0.0709. The minimum Gasteiger partial charge on any atom is -0.462 e. The maximum absolute atomic E-state index is 10.8. The number of nitriles is 1. The van der Waals surface area contributed by atoms with Crippen LogP contribution in [0.5, 0.6) is 5.88 Å². The Morgan fingerprint density at radius 3 is 2.27 bits per heavy atom. The summed E-state index contributed by atoms with van der Waals surface area (Å²) in [4.78, 5) is 31.8. The number of rotatable bonds is 7. The summed E-state index contributed by atoms with van der Waals surface area (Å²) in [5.41, 5.74) is 1.56. The average Bonchev–Trinajstić information content (AvgIpc) is 2.84. The van der Waals surface area contributed by atoms with E-state index in [1.165, 1.54) is 37.0 Å². The Morgan fingerprint density at radius 1 is 1.12 bits per heavy atom. The van der Waals surface area contributed by atoms with Gasteiger partial charge in [-0.3, -0.25) is 14.6 Å². The summed E-state index contributed by atoms with van der Waals surface area (Å²) < 4.78 is 5.09.